The number of unbranched alkanes of at least 4 members (excludes halogenated alkanes) is 2. The molecule has 0 aromatic carbocycles. The Balaban J connectivity index is 2.20. The van der Waals surface area contributed by atoms with E-state index in [1.165, 1.54) is 17.1 Å². The fourth-order valence-electron chi connectivity index (χ4n) is 2.43. The molecule has 0 saturated carbocycles. The molecule has 0 saturated heterocycles. The zero-order valence-corrected chi connectivity index (χ0v) is 15.2. The maximum absolute atomic E-state index is 11.4. The predicted octanol–water partition coefficient (Wildman–Crippen LogP) is 3.60. The SMILES string of the molecule is CC(C)[Si](Cl)(OCCCCCN1C(=O)C=CC1=O)C(C)C. The van der Waals surface area contributed by atoms with E-state index in [-0.39, 0.29) is 11.8 Å². The van der Waals surface area contributed by atoms with E-state index in [1.807, 2.05) is 0 Å². The van der Waals surface area contributed by atoms with Crippen LogP contribution in [0, 0.1) is 0 Å². The fourth-order valence-corrected chi connectivity index (χ4v) is 5.12. The van der Waals surface area contributed by atoms with E-state index in [2.05, 4.69) is 27.7 Å². The van der Waals surface area contributed by atoms with E-state index in [0.717, 1.165) is 19.3 Å². The second-order valence-corrected chi connectivity index (χ2v) is 11.8. The minimum Gasteiger partial charge on any atom is -0.403 e. The topological polar surface area (TPSA) is 46.6 Å². The molecule has 2 amide bonds. The fraction of sp³-hybridized carbons (Fsp3) is 0.733. The van der Waals surface area contributed by atoms with Gasteiger partial charge in [-0.25, -0.2) is 0 Å². The number of imide groups is 1. The highest BCUT2D eigenvalue weighted by molar-refractivity contribution is 7.18. The van der Waals surface area contributed by atoms with Gasteiger partial charge >= 0.3 is 0 Å². The Morgan fingerprint density at radius 3 is 2.05 bits per heavy atom. The van der Waals surface area contributed by atoms with Crippen molar-refractivity contribution in [3.8, 4) is 0 Å². The van der Waals surface area contributed by atoms with Crippen molar-refractivity contribution < 1.29 is 14.0 Å². The molecular weight excluding hydrogens is 306 g/mol. The van der Waals surface area contributed by atoms with Crippen LogP contribution in [0.4, 0.5) is 0 Å². The van der Waals surface area contributed by atoms with Crippen molar-refractivity contribution in [3.63, 3.8) is 0 Å². The van der Waals surface area contributed by atoms with Crippen LogP contribution in [0.2, 0.25) is 11.1 Å². The molecule has 0 aromatic heterocycles. The lowest BCUT2D eigenvalue weighted by Gasteiger charge is -2.32. The molecule has 0 N–H and O–H groups in total. The number of carbonyl (C=O) groups is 2. The third-order valence-electron chi connectivity index (χ3n) is 3.82. The summed E-state index contributed by atoms with van der Waals surface area (Å²) in [6.07, 6.45) is 5.29. The van der Waals surface area contributed by atoms with Crippen LogP contribution in [-0.4, -0.2) is 37.5 Å². The van der Waals surface area contributed by atoms with Gasteiger partial charge in [0.25, 0.3) is 19.4 Å². The molecule has 0 aromatic rings. The molecule has 1 rings (SSSR count). The van der Waals surface area contributed by atoms with Crippen molar-refractivity contribution in [3.05, 3.63) is 12.2 Å². The van der Waals surface area contributed by atoms with Crippen molar-refractivity contribution in [2.24, 2.45) is 0 Å². The summed E-state index contributed by atoms with van der Waals surface area (Å²) < 4.78 is 6.01. The third-order valence-corrected chi connectivity index (χ3v) is 10.6. The lowest BCUT2D eigenvalue weighted by Crippen LogP contribution is -2.39. The Labute approximate surface area is 133 Å². The van der Waals surface area contributed by atoms with Crippen LogP contribution in [0.1, 0.15) is 47.0 Å². The summed E-state index contributed by atoms with van der Waals surface area (Å²) in [6.45, 7) is 9.63. The molecule has 0 radical (unpaired) electrons. The number of rotatable bonds is 9. The summed E-state index contributed by atoms with van der Waals surface area (Å²) in [5.74, 6) is -0.411. The summed E-state index contributed by atoms with van der Waals surface area (Å²) in [5.41, 5.74) is 0.759. The number of carbonyl (C=O) groups excluding carboxylic acids is 2. The van der Waals surface area contributed by atoms with Crippen molar-refractivity contribution in [2.75, 3.05) is 13.2 Å². The summed E-state index contributed by atoms with van der Waals surface area (Å²) >= 11 is 6.67. The lowest BCUT2D eigenvalue weighted by atomic mass is 10.2. The summed E-state index contributed by atoms with van der Waals surface area (Å²) in [6, 6.07) is 0. The number of hydrogen-bond donors (Lipinski definition) is 0. The summed E-state index contributed by atoms with van der Waals surface area (Å²) in [4.78, 5) is 24.0. The highest BCUT2D eigenvalue weighted by Gasteiger charge is 2.40. The molecule has 0 unspecified atom stereocenters. The highest BCUT2D eigenvalue weighted by Crippen LogP contribution is 2.36. The maximum Gasteiger partial charge on any atom is 0.295 e. The van der Waals surface area contributed by atoms with E-state index in [0.29, 0.717) is 24.2 Å². The first-order valence-corrected chi connectivity index (χ1v) is 10.7. The first kappa shape index (κ1) is 18.4. The average molecular weight is 332 g/mol. The second kappa shape index (κ2) is 8.10. The third kappa shape index (κ3) is 4.93. The molecule has 1 heterocycles. The Hall–Kier alpha value is -0.653. The quantitative estimate of drug-likeness (QED) is 0.281. The lowest BCUT2D eigenvalue weighted by molar-refractivity contribution is -0.136. The Morgan fingerprint density at radius 1 is 1.05 bits per heavy atom. The number of nitrogens with zero attached hydrogens (tertiary/aromatic N) is 1. The number of amides is 2. The van der Waals surface area contributed by atoms with Crippen molar-refractivity contribution in [1.29, 1.82) is 0 Å². The molecule has 4 nitrogen and oxygen atoms in total. The average Bonchev–Trinajstić information content (AvgIpc) is 2.73. The normalized spacial score (nSPS) is 15.9. The highest BCUT2D eigenvalue weighted by atomic mass is 35.6. The van der Waals surface area contributed by atoms with Crippen molar-refractivity contribution >= 4 is 30.5 Å². The van der Waals surface area contributed by atoms with Gasteiger partial charge in [0.2, 0.25) is 0 Å². The van der Waals surface area contributed by atoms with Crippen LogP contribution in [0.15, 0.2) is 12.2 Å². The molecule has 120 valence electrons. The van der Waals surface area contributed by atoms with Gasteiger partial charge in [0.05, 0.1) is 0 Å². The van der Waals surface area contributed by atoms with Gasteiger partial charge in [-0.05, 0) is 30.3 Å². The minimum absolute atomic E-state index is 0.206. The van der Waals surface area contributed by atoms with Gasteiger partial charge in [-0.15, -0.1) is 11.1 Å². The van der Waals surface area contributed by atoms with Crippen LogP contribution in [0.5, 0.6) is 0 Å². The molecular formula is C15H26ClNO3Si. The predicted molar refractivity (Wildman–Crippen MR) is 87.5 cm³/mol. The van der Waals surface area contributed by atoms with Crippen molar-refractivity contribution in [1.82, 2.24) is 4.90 Å². The van der Waals surface area contributed by atoms with Crippen LogP contribution in [0.3, 0.4) is 0 Å². The number of halogens is 1. The van der Waals surface area contributed by atoms with Gasteiger partial charge in [-0.2, -0.15) is 0 Å². The van der Waals surface area contributed by atoms with Crippen LogP contribution < -0.4 is 0 Å². The van der Waals surface area contributed by atoms with Gasteiger partial charge in [0.1, 0.15) is 0 Å². The molecule has 0 atom stereocenters. The van der Waals surface area contributed by atoms with Crippen LogP contribution in [0.25, 0.3) is 0 Å². The smallest absolute Gasteiger partial charge is 0.295 e. The molecule has 1 aliphatic heterocycles. The monoisotopic (exact) mass is 331 g/mol. The van der Waals surface area contributed by atoms with Gasteiger partial charge in [-0.1, -0.05) is 27.7 Å². The van der Waals surface area contributed by atoms with Crippen LogP contribution in [-0.2, 0) is 14.0 Å². The zero-order valence-electron chi connectivity index (χ0n) is 13.4. The standard InChI is InChI=1S/C15H26ClNO3Si/c1-12(2)21(16,13(3)4)20-11-7-5-6-10-17-14(18)8-9-15(17)19/h8-9,12-13H,5-7,10-11H2,1-4H3. The van der Waals surface area contributed by atoms with Crippen LogP contribution >= 0.6 is 11.1 Å². The van der Waals surface area contributed by atoms with E-state index < -0.39 is 7.63 Å². The van der Waals surface area contributed by atoms with Gasteiger partial charge in [-0.3, -0.25) is 14.5 Å². The van der Waals surface area contributed by atoms with Crippen molar-refractivity contribution in [2.45, 2.75) is 58.0 Å². The Kier molecular flexibility index (Phi) is 7.10. The Bertz CT molecular complexity index is 384. The van der Waals surface area contributed by atoms with E-state index in [9.17, 15) is 9.59 Å². The van der Waals surface area contributed by atoms with Gasteiger partial charge in [0, 0.05) is 25.3 Å². The number of hydrogen-bond acceptors (Lipinski definition) is 3. The molecule has 6 heteroatoms. The van der Waals surface area contributed by atoms with E-state index >= 15 is 0 Å². The summed E-state index contributed by atoms with van der Waals surface area (Å²) in [5, 5.41) is 0. The Morgan fingerprint density at radius 2 is 1.57 bits per heavy atom. The molecule has 0 bridgehead atoms. The molecule has 0 fully saturated rings. The summed E-state index contributed by atoms with van der Waals surface area (Å²) in [7, 11) is -2.17. The zero-order chi connectivity index (χ0) is 16.0. The maximum atomic E-state index is 11.4. The molecule has 21 heavy (non-hydrogen) atoms. The largest absolute Gasteiger partial charge is 0.403 e. The molecule has 0 aliphatic carbocycles. The van der Waals surface area contributed by atoms with Gasteiger partial charge in [0.15, 0.2) is 0 Å². The van der Waals surface area contributed by atoms with E-state index in [1.54, 1.807) is 0 Å². The molecule has 0 spiro atoms. The minimum atomic E-state index is -2.17. The first-order chi connectivity index (χ1) is 9.79. The van der Waals surface area contributed by atoms with Gasteiger partial charge < -0.3 is 4.43 Å². The first-order valence-electron chi connectivity index (χ1n) is 7.65. The van der Waals surface area contributed by atoms with E-state index in [4.69, 9.17) is 15.5 Å². The second-order valence-electron chi connectivity index (χ2n) is 6.08. The molecule has 1 aliphatic rings.